The van der Waals surface area contributed by atoms with Crippen molar-refractivity contribution in [3.05, 3.63) is 71.6 Å². The number of hydrogen-bond acceptors (Lipinski definition) is 6. The molecule has 0 fully saturated rings. The van der Waals surface area contributed by atoms with Crippen LogP contribution in [-0.2, 0) is 4.74 Å². The summed E-state index contributed by atoms with van der Waals surface area (Å²) in [6, 6.07) is 8.94. The lowest BCUT2D eigenvalue weighted by molar-refractivity contribution is 0.0318. The number of nitrogens with zero attached hydrogens (tertiary/aromatic N) is 4. The second-order valence-electron chi connectivity index (χ2n) is 5.34. The molecule has 9 heteroatoms. The standard InChI is InChI=1S/C17H12F2N4O3/c1-10(16(24)12-4-7-14(18)15(19)8-12)26-17(25)11-2-5-13(6-3-11)23-9-20-21-22-23/h2-10H,1H3/t10-/m0/s1. The number of hydrogen-bond donors (Lipinski definition) is 0. The first kappa shape index (κ1) is 17.3. The van der Waals surface area contributed by atoms with Crippen molar-refractivity contribution in [1.29, 1.82) is 0 Å². The van der Waals surface area contributed by atoms with Crippen LogP contribution in [0, 0.1) is 11.6 Å². The van der Waals surface area contributed by atoms with Gasteiger partial charge in [-0.15, -0.1) is 5.10 Å². The zero-order chi connectivity index (χ0) is 18.7. The van der Waals surface area contributed by atoms with Crippen molar-refractivity contribution in [2.45, 2.75) is 13.0 Å². The van der Waals surface area contributed by atoms with Crippen LogP contribution >= 0.6 is 0 Å². The smallest absolute Gasteiger partial charge is 0.338 e. The van der Waals surface area contributed by atoms with Gasteiger partial charge in [0.15, 0.2) is 17.7 Å². The average Bonchev–Trinajstić information content (AvgIpc) is 3.18. The van der Waals surface area contributed by atoms with E-state index in [4.69, 9.17) is 4.74 Å². The molecule has 3 aromatic rings. The lowest BCUT2D eigenvalue weighted by Gasteiger charge is -2.12. The van der Waals surface area contributed by atoms with Crippen molar-refractivity contribution in [3.8, 4) is 5.69 Å². The van der Waals surface area contributed by atoms with Gasteiger partial charge in [0.05, 0.1) is 11.3 Å². The van der Waals surface area contributed by atoms with E-state index in [0.717, 1.165) is 18.2 Å². The Kier molecular flexibility index (Phi) is 4.78. The highest BCUT2D eigenvalue weighted by Gasteiger charge is 2.21. The van der Waals surface area contributed by atoms with E-state index in [1.165, 1.54) is 30.1 Å². The number of halogens is 2. The maximum Gasteiger partial charge on any atom is 0.338 e. The van der Waals surface area contributed by atoms with E-state index in [9.17, 15) is 18.4 Å². The van der Waals surface area contributed by atoms with Gasteiger partial charge in [0, 0.05) is 5.56 Å². The minimum absolute atomic E-state index is 0.0850. The van der Waals surface area contributed by atoms with Gasteiger partial charge in [-0.05, 0) is 59.8 Å². The molecule has 0 amide bonds. The van der Waals surface area contributed by atoms with Crippen molar-refractivity contribution in [2.24, 2.45) is 0 Å². The third kappa shape index (κ3) is 3.61. The summed E-state index contributed by atoms with van der Waals surface area (Å²) in [5.74, 6) is -3.57. The third-order valence-corrected chi connectivity index (χ3v) is 3.57. The van der Waals surface area contributed by atoms with Crippen LogP contribution in [0.3, 0.4) is 0 Å². The number of Topliss-reactive ketones (excluding diaryl/α,β-unsaturated/α-hetero) is 1. The second kappa shape index (κ2) is 7.18. The van der Waals surface area contributed by atoms with Crippen molar-refractivity contribution in [3.63, 3.8) is 0 Å². The van der Waals surface area contributed by atoms with Crippen LogP contribution in [0.4, 0.5) is 8.78 Å². The van der Waals surface area contributed by atoms with Gasteiger partial charge in [0.1, 0.15) is 6.33 Å². The van der Waals surface area contributed by atoms with Gasteiger partial charge in [-0.1, -0.05) is 0 Å². The number of rotatable bonds is 5. The molecule has 0 spiro atoms. The Morgan fingerprint density at radius 2 is 1.73 bits per heavy atom. The molecular weight excluding hydrogens is 346 g/mol. The maximum absolute atomic E-state index is 13.2. The third-order valence-electron chi connectivity index (χ3n) is 3.57. The van der Waals surface area contributed by atoms with Crippen LogP contribution in [0.15, 0.2) is 48.8 Å². The Labute approximate surface area is 146 Å². The minimum atomic E-state index is -1.16. The van der Waals surface area contributed by atoms with Gasteiger partial charge >= 0.3 is 5.97 Å². The van der Waals surface area contributed by atoms with E-state index < -0.39 is 29.5 Å². The normalized spacial score (nSPS) is 11.8. The molecule has 0 saturated heterocycles. The number of tetrazole rings is 1. The number of ether oxygens (including phenoxy) is 1. The summed E-state index contributed by atoms with van der Waals surface area (Å²) < 4.78 is 32.7. The molecule has 7 nitrogen and oxygen atoms in total. The fourth-order valence-electron chi connectivity index (χ4n) is 2.20. The largest absolute Gasteiger partial charge is 0.451 e. The van der Waals surface area contributed by atoms with Crippen LogP contribution in [0.25, 0.3) is 5.69 Å². The van der Waals surface area contributed by atoms with E-state index in [1.54, 1.807) is 12.1 Å². The van der Waals surface area contributed by atoms with Crippen LogP contribution in [0.2, 0.25) is 0 Å². The predicted octanol–water partition coefficient (Wildman–Crippen LogP) is 2.37. The fraction of sp³-hybridized carbons (Fsp3) is 0.118. The quantitative estimate of drug-likeness (QED) is 0.514. The molecular formula is C17H12F2N4O3. The summed E-state index contributed by atoms with van der Waals surface area (Å²) in [7, 11) is 0. The zero-order valence-corrected chi connectivity index (χ0v) is 13.5. The van der Waals surface area contributed by atoms with Crippen molar-refractivity contribution < 1.29 is 23.1 Å². The van der Waals surface area contributed by atoms with E-state index in [1.807, 2.05) is 0 Å². The van der Waals surface area contributed by atoms with Gasteiger partial charge in [-0.25, -0.2) is 18.3 Å². The summed E-state index contributed by atoms with van der Waals surface area (Å²) in [5.41, 5.74) is 0.766. The Balaban J connectivity index is 1.68. The van der Waals surface area contributed by atoms with Crippen LogP contribution in [0.5, 0.6) is 0 Å². The van der Waals surface area contributed by atoms with Gasteiger partial charge in [0.2, 0.25) is 5.78 Å². The van der Waals surface area contributed by atoms with Gasteiger partial charge in [-0.3, -0.25) is 4.79 Å². The lowest BCUT2D eigenvalue weighted by atomic mass is 10.1. The van der Waals surface area contributed by atoms with E-state index in [0.29, 0.717) is 5.69 Å². The van der Waals surface area contributed by atoms with E-state index in [2.05, 4.69) is 15.5 Å². The SMILES string of the molecule is C[C@H](OC(=O)c1ccc(-n2cnnn2)cc1)C(=O)c1ccc(F)c(F)c1. The Morgan fingerprint density at radius 1 is 1.04 bits per heavy atom. The maximum atomic E-state index is 13.2. The van der Waals surface area contributed by atoms with Gasteiger partial charge < -0.3 is 4.74 Å². The fourth-order valence-corrected chi connectivity index (χ4v) is 2.20. The monoisotopic (exact) mass is 358 g/mol. The molecule has 26 heavy (non-hydrogen) atoms. The molecule has 0 radical (unpaired) electrons. The van der Waals surface area contributed by atoms with Crippen LogP contribution in [0.1, 0.15) is 27.6 Å². The van der Waals surface area contributed by atoms with Crippen molar-refractivity contribution >= 4 is 11.8 Å². The number of carbonyl (C=O) groups excluding carboxylic acids is 2. The highest BCUT2D eigenvalue weighted by Crippen LogP contribution is 2.14. The van der Waals surface area contributed by atoms with Crippen molar-refractivity contribution in [2.75, 3.05) is 0 Å². The molecule has 1 heterocycles. The van der Waals surface area contributed by atoms with Gasteiger partial charge in [0.25, 0.3) is 0 Å². The summed E-state index contributed by atoms with van der Waals surface area (Å²) >= 11 is 0. The molecule has 1 aromatic heterocycles. The van der Waals surface area contributed by atoms with Crippen molar-refractivity contribution in [1.82, 2.24) is 20.2 Å². The number of benzene rings is 2. The predicted molar refractivity (Wildman–Crippen MR) is 84.7 cm³/mol. The van der Waals surface area contributed by atoms with Crippen LogP contribution < -0.4 is 0 Å². The average molecular weight is 358 g/mol. The summed E-state index contributed by atoms with van der Waals surface area (Å²) in [5, 5.41) is 10.7. The molecule has 0 aliphatic rings. The number of aromatic nitrogens is 4. The molecule has 3 rings (SSSR count). The first-order chi connectivity index (χ1) is 12.5. The van der Waals surface area contributed by atoms with E-state index in [-0.39, 0.29) is 11.1 Å². The molecule has 0 aliphatic carbocycles. The molecule has 2 aromatic carbocycles. The Bertz CT molecular complexity index is 943. The topological polar surface area (TPSA) is 87.0 Å². The minimum Gasteiger partial charge on any atom is -0.451 e. The molecule has 0 bridgehead atoms. The number of carbonyl (C=O) groups is 2. The molecule has 132 valence electrons. The zero-order valence-electron chi connectivity index (χ0n) is 13.5. The lowest BCUT2D eigenvalue weighted by Crippen LogP contribution is -2.24. The molecule has 0 N–H and O–H groups in total. The second-order valence-corrected chi connectivity index (χ2v) is 5.34. The molecule has 0 unspecified atom stereocenters. The van der Waals surface area contributed by atoms with Gasteiger partial charge in [-0.2, -0.15) is 0 Å². The molecule has 0 saturated carbocycles. The number of ketones is 1. The summed E-state index contributed by atoms with van der Waals surface area (Å²) in [4.78, 5) is 24.3. The molecule has 0 aliphatic heterocycles. The highest BCUT2D eigenvalue weighted by molar-refractivity contribution is 6.01. The Hall–Kier alpha value is -3.49. The van der Waals surface area contributed by atoms with Crippen LogP contribution in [-0.4, -0.2) is 38.1 Å². The first-order valence-corrected chi connectivity index (χ1v) is 7.49. The Morgan fingerprint density at radius 3 is 2.35 bits per heavy atom. The molecule has 1 atom stereocenters. The first-order valence-electron chi connectivity index (χ1n) is 7.49. The van der Waals surface area contributed by atoms with E-state index >= 15 is 0 Å². The highest BCUT2D eigenvalue weighted by atomic mass is 19.2. The summed E-state index contributed by atoms with van der Waals surface area (Å²) in [6.45, 7) is 1.36. The summed E-state index contributed by atoms with van der Waals surface area (Å²) in [6.07, 6.45) is 0.238. The number of esters is 1.